The molecular formula is C13H18N2O4. The third-order valence-electron chi connectivity index (χ3n) is 2.43. The number of nitrogens with zero attached hydrogens (tertiary/aromatic N) is 1. The molecule has 0 fully saturated rings. The van der Waals surface area contributed by atoms with Crippen LogP contribution in [0.2, 0.25) is 0 Å². The smallest absolute Gasteiger partial charge is 0.322 e. The minimum atomic E-state index is -1.09. The van der Waals surface area contributed by atoms with Crippen molar-refractivity contribution in [2.45, 2.75) is 13.0 Å². The van der Waals surface area contributed by atoms with E-state index in [0.717, 1.165) is 5.69 Å². The lowest BCUT2D eigenvalue weighted by Gasteiger charge is -2.17. The first-order valence-electron chi connectivity index (χ1n) is 5.83. The summed E-state index contributed by atoms with van der Waals surface area (Å²) < 4.78 is 5.47. The second kappa shape index (κ2) is 6.63. The molecule has 6 heteroatoms. The lowest BCUT2D eigenvalue weighted by Crippen LogP contribution is -2.39. The number of carbonyl (C=O) groups is 2. The highest BCUT2D eigenvalue weighted by molar-refractivity contribution is 5.84. The second-order valence-corrected chi connectivity index (χ2v) is 4.26. The third kappa shape index (κ3) is 4.87. The fourth-order valence-corrected chi connectivity index (χ4v) is 1.40. The normalized spacial score (nSPS) is 11.5. The number of carbonyl (C=O) groups excluding carboxylic acids is 1. The Morgan fingerprint density at radius 1 is 1.42 bits per heavy atom. The van der Waals surface area contributed by atoms with E-state index in [-0.39, 0.29) is 0 Å². The zero-order valence-corrected chi connectivity index (χ0v) is 11.2. The van der Waals surface area contributed by atoms with Crippen LogP contribution < -0.4 is 15.0 Å². The largest absolute Gasteiger partial charge is 0.481 e. The highest BCUT2D eigenvalue weighted by Crippen LogP contribution is 2.20. The molecule has 19 heavy (non-hydrogen) atoms. The summed E-state index contributed by atoms with van der Waals surface area (Å²) in [5.41, 5.74) is 0.954. The first-order valence-corrected chi connectivity index (χ1v) is 5.83. The number of amides is 1. The molecule has 0 bridgehead atoms. The van der Waals surface area contributed by atoms with Crippen molar-refractivity contribution in [3.05, 3.63) is 24.3 Å². The van der Waals surface area contributed by atoms with Gasteiger partial charge in [0.25, 0.3) is 5.91 Å². The van der Waals surface area contributed by atoms with Crippen LogP contribution >= 0.6 is 0 Å². The van der Waals surface area contributed by atoms with Gasteiger partial charge in [-0.25, -0.2) is 0 Å². The van der Waals surface area contributed by atoms with Gasteiger partial charge < -0.3 is 20.1 Å². The summed E-state index contributed by atoms with van der Waals surface area (Å²) in [5.74, 6) is -0.989. The molecule has 0 heterocycles. The van der Waals surface area contributed by atoms with Crippen LogP contribution in [0.4, 0.5) is 5.69 Å². The van der Waals surface area contributed by atoms with E-state index in [2.05, 4.69) is 5.32 Å². The van der Waals surface area contributed by atoms with Crippen molar-refractivity contribution in [1.82, 2.24) is 5.32 Å². The standard InChI is InChI=1S/C13H18N2O4/c1-9(13(18)14-8-12(16)17)19-11-6-4-5-10(7-11)15(2)3/h4-7,9H,8H2,1-3H3,(H,14,18)(H,16,17). The average molecular weight is 266 g/mol. The lowest BCUT2D eigenvalue weighted by molar-refractivity contribution is -0.139. The molecule has 104 valence electrons. The van der Waals surface area contributed by atoms with Gasteiger partial charge in [-0.15, -0.1) is 0 Å². The van der Waals surface area contributed by atoms with Crippen LogP contribution in [0.1, 0.15) is 6.92 Å². The van der Waals surface area contributed by atoms with Crippen molar-refractivity contribution in [3.8, 4) is 5.75 Å². The quantitative estimate of drug-likeness (QED) is 0.793. The molecule has 0 spiro atoms. The van der Waals surface area contributed by atoms with Gasteiger partial charge in [-0.05, 0) is 19.1 Å². The Morgan fingerprint density at radius 2 is 2.11 bits per heavy atom. The van der Waals surface area contributed by atoms with E-state index < -0.39 is 24.5 Å². The zero-order valence-electron chi connectivity index (χ0n) is 11.2. The first kappa shape index (κ1) is 14.8. The zero-order chi connectivity index (χ0) is 14.4. The van der Waals surface area contributed by atoms with Gasteiger partial charge in [0, 0.05) is 25.8 Å². The van der Waals surface area contributed by atoms with E-state index in [4.69, 9.17) is 9.84 Å². The van der Waals surface area contributed by atoms with Crippen molar-refractivity contribution >= 4 is 17.6 Å². The first-order chi connectivity index (χ1) is 8.90. The lowest BCUT2D eigenvalue weighted by atomic mass is 10.3. The Labute approximate surface area is 112 Å². The van der Waals surface area contributed by atoms with Crippen LogP contribution in [0.15, 0.2) is 24.3 Å². The van der Waals surface area contributed by atoms with Crippen molar-refractivity contribution in [2.24, 2.45) is 0 Å². The monoisotopic (exact) mass is 266 g/mol. The molecule has 0 radical (unpaired) electrons. The Hall–Kier alpha value is -2.24. The summed E-state index contributed by atoms with van der Waals surface area (Å²) in [6, 6.07) is 7.30. The van der Waals surface area contributed by atoms with E-state index in [0.29, 0.717) is 5.75 Å². The van der Waals surface area contributed by atoms with Gasteiger partial charge in [0.1, 0.15) is 12.3 Å². The van der Waals surface area contributed by atoms with Crippen LogP contribution in [0.5, 0.6) is 5.75 Å². The number of rotatable bonds is 6. The Kier molecular flexibility index (Phi) is 5.17. The minimum Gasteiger partial charge on any atom is -0.481 e. The molecule has 1 aromatic rings. The molecule has 0 saturated heterocycles. The van der Waals surface area contributed by atoms with E-state index in [1.54, 1.807) is 19.1 Å². The number of ether oxygens (including phenoxy) is 1. The van der Waals surface area contributed by atoms with Gasteiger partial charge >= 0.3 is 5.97 Å². The van der Waals surface area contributed by atoms with E-state index >= 15 is 0 Å². The van der Waals surface area contributed by atoms with Crippen molar-refractivity contribution in [2.75, 3.05) is 25.5 Å². The predicted octanol–water partition coefficient (Wildman–Crippen LogP) is 0.721. The van der Waals surface area contributed by atoms with Crippen molar-refractivity contribution in [3.63, 3.8) is 0 Å². The number of benzene rings is 1. The van der Waals surface area contributed by atoms with Crippen molar-refractivity contribution in [1.29, 1.82) is 0 Å². The second-order valence-electron chi connectivity index (χ2n) is 4.26. The third-order valence-corrected chi connectivity index (χ3v) is 2.43. The summed E-state index contributed by atoms with van der Waals surface area (Å²) in [6.07, 6.45) is -0.753. The minimum absolute atomic E-state index is 0.412. The molecular weight excluding hydrogens is 248 g/mol. The molecule has 0 aliphatic rings. The number of hydrogen-bond acceptors (Lipinski definition) is 4. The van der Waals surface area contributed by atoms with E-state index in [1.165, 1.54) is 0 Å². The molecule has 1 rings (SSSR count). The molecule has 0 aliphatic heterocycles. The molecule has 1 unspecified atom stereocenters. The van der Waals surface area contributed by atoms with Gasteiger partial charge in [0.2, 0.25) is 0 Å². The van der Waals surface area contributed by atoms with Gasteiger partial charge in [-0.1, -0.05) is 6.07 Å². The van der Waals surface area contributed by atoms with Crippen LogP contribution in [-0.4, -0.2) is 43.7 Å². The summed E-state index contributed by atoms with van der Waals surface area (Å²) in [6.45, 7) is 1.16. The fraction of sp³-hybridized carbons (Fsp3) is 0.385. The van der Waals surface area contributed by atoms with Crippen LogP contribution in [0.3, 0.4) is 0 Å². The van der Waals surface area contributed by atoms with Gasteiger partial charge in [0.15, 0.2) is 6.10 Å². The number of nitrogens with one attached hydrogen (secondary N) is 1. The van der Waals surface area contributed by atoms with Crippen LogP contribution in [0.25, 0.3) is 0 Å². The van der Waals surface area contributed by atoms with E-state index in [9.17, 15) is 9.59 Å². The van der Waals surface area contributed by atoms with Crippen molar-refractivity contribution < 1.29 is 19.4 Å². The molecule has 1 aromatic carbocycles. The number of carboxylic acid groups (broad SMARTS) is 1. The topological polar surface area (TPSA) is 78.9 Å². The Balaban J connectivity index is 2.61. The molecule has 2 N–H and O–H groups in total. The maximum atomic E-state index is 11.6. The maximum Gasteiger partial charge on any atom is 0.322 e. The Bertz CT molecular complexity index is 460. The van der Waals surface area contributed by atoms with Crippen LogP contribution in [-0.2, 0) is 9.59 Å². The molecule has 6 nitrogen and oxygen atoms in total. The van der Waals surface area contributed by atoms with E-state index in [1.807, 2.05) is 31.1 Å². The van der Waals surface area contributed by atoms with Gasteiger partial charge in [0.05, 0.1) is 0 Å². The summed E-state index contributed by atoms with van der Waals surface area (Å²) in [4.78, 5) is 23.8. The highest BCUT2D eigenvalue weighted by Gasteiger charge is 2.15. The van der Waals surface area contributed by atoms with Crippen LogP contribution in [0, 0.1) is 0 Å². The SMILES string of the molecule is CC(Oc1cccc(N(C)C)c1)C(=O)NCC(=O)O. The summed E-state index contributed by atoms with van der Waals surface area (Å²) in [5, 5.41) is 10.7. The number of hydrogen-bond donors (Lipinski definition) is 2. The average Bonchev–Trinajstić information content (AvgIpc) is 2.36. The number of aliphatic carboxylic acids is 1. The van der Waals surface area contributed by atoms with Gasteiger partial charge in [-0.2, -0.15) is 0 Å². The summed E-state index contributed by atoms with van der Waals surface area (Å²) in [7, 11) is 3.81. The van der Waals surface area contributed by atoms with Gasteiger partial charge in [-0.3, -0.25) is 9.59 Å². The highest BCUT2D eigenvalue weighted by atomic mass is 16.5. The molecule has 1 amide bonds. The number of anilines is 1. The molecule has 0 aromatic heterocycles. The predicted molar refractivity (Wildman–Crippen MR) is 71.5 cm³/mol. The number of carboxylic acids is 1. The molecule has 0 aliphatic carbocycles. The molecule has 0 saturated carbocycles. The fourth-order valence-electron chi connectivity index (χ4n) is 1.40. The Morgan fingerprint density at radius 3 is 2.68 bits per heavy atom. The molecule has 1 atom stereocenters. The maximum absolute atomic E-state index is 11.6. The summed E-state index contributed by atoms with van der Waals surface area (Å²) >= 11 is 0.